The quantitative estimate of drug-likeness (QED) is 0.516. The smallest absolute Gasteiger partial charge is 0.419 e. The molecule has 0 bridgehead atoms. The molecule has 0 N–H and O–H groups in total. The van der Waals surface area contributed by atoms with E-state index in [1.807, 2.05) is 29.2 Å². The van der Waals surface area contributed by atoms with E-state index in [1.165, 1.54) is 12.3 Å². The summed E-state index contributed by atoms with van der Waals surface area (Å²) in [4.78, 5) is 24.2. The van der Waals surface area contributed by atoms with Crippen molar-refractivity contribution >= 4 is 17.7 Å². The third kappa shape index (κ3) is 4.87. The van der Waals surface area contributed by atoms with Crippen LogP contribution in [0.2, 0.25) is 0 Å². The minimum atomic E-state index is -4.46. The Hall–Kier alpha value is -3.63. The third-order valence-electron chi connectivity index (χ3n) is 6.70. The number of pyridine rings is 1. The summed E-state index contributed by atoms with van der Waals surface area (Å²) < 4.78 is 45.9. The van der Waals surface area contributed by atoms with Crippen LogP contribution in [0.5, 0.6) is 5.75 Å². The predicted molar refractivity (Wildman–Crippen MR) is 132 cm³/mol. The van der Waals surface area contributed by atoms with Crippen LogP contribution in [0.1, 0.15) is 25.3 Å². The molecule has 8 nitrogen and oxygen atoms in total. The number of methoxy groups -OCH3 is 1. The molecule has 2 aromatic heterocycles. The molecule has 4 heterocycles. The van der Waals surface area contributed by atoms with Gasteiger partial charge in [0.25, 0.3) is 0 Å². The molecule has 2 saturated heterocycles. The number of nitrogens with zero attached hydrogens (tertiary/aromatic N) is 7. The van der Waals surface area contributed by atoms with E-state index in [9.17, 15) is 13.2 Å². The number of aromatic nitrogens is 4. The lowest BCUT2D eigenvalue weighted by atomic mass is 10.2. The molecule has 0 radical (unpaired) electrons. The summed E-state index contributed by atoms with van der Waals surface area (Å²) in [6.45, 7) is 4.70. The fourth-order valence-corrected chi connectivity index (χ4v) is 4.73. The van der Waals surface area contributed by atoms with Gasteiger partial charge in [-0.05, 0) is 44.0 Å². The average Bonchev–Trinajstić information content (AvgIpc) is 3.34. The minimum Gasteiger partial charge on any atom is -0.497 e. The van der Waals surface area contributed by atoms with E-state index >= 15 is 0 Å². The van der Waals surface area contributed by atoms with Crippen LogP contribution in [0.25, 0.3) is 11.4 Å². The van der Waals surface area contributed by atoms with Crippen LogP contribution in [-0.2, 0) is 6.18 Å². The molecule has 3 aromatic rings. The number of piperazine rings is 1. The standard InChI is InChI=1S/C25H28F3N7O/c1-17-6-5-11-35(17)24-31-21(18-7-3-8-19(16-18)36-2)30-23(32-24)34-14-12-33(13-15-34)22-20(25(26,27)28)9-4-10-29-22/h3-4,7-10,16-17H,5-6,11-15H2,1-2H3. The highest BCUT2D eigenvalue weighted by Gasteiger charge is 2.36. The molecule has 2 aliphatic rings. The van der Waals surface area contributed by atoms with E-state index in [2.05, 4.69) is 16.8 Å². The molecular formula is C25H28F3N7O. The second-order valence-corrected chi connectivity index (χ2v) is 9.02. The second-order valence-electron chi connectivity index (χ2n) is 9.02. The number of hydrogen-bond donors (Lipinski definition) is 0. The molecule has 2 aliphatic heterocycles. The summed E-state index contributed by atoms with van der Waals surface area (Å²) in [5.41, 5.74) is 0.0947. The van der Waals surface area contributed by atoms with Gasteiger partial charge in [0.15, 0.2) is 5.82 Å². The molecule has 2 fully saturated rings. The van der Waals surface area contributed by atoms with Gasteiger partial charge >= 0.3 is 6.18 Å². The highest BCUT2D eigenvalue weighted by atomic mass is 19.4. The maximum Gasteiger partial charge on any atom is 0.419 e. The van der Waals surface area contributed by atoms with Gasteiger partial charge in [-0.1, -0.05) is 12.1 Å². The van der Waals surface area contributed by atoms with Crippen molar-refractivity contribution in [2.24, 2.45) is 0 Å². The van der Waals surface area contributed by atoms with Crippen molar-refractivity contribution in [2.45, 2.75) is 32.0 Å². The normalized spacial score (nSPS) is 18.6. The van der Waals surface area contributed by atoms with Crippen molar-refractivity contribution in [1.29, 1.82) is 0 Å². The zero-order valence-electron chi connectivity index (χ0n) is 20.2. The molecule has 0 amide bonds. The lowest BCUT2D eigenvalue weighted by Gasteiger charge is -2.36. The van der Waals surface area contributed by atoms with Gasteiger partial charge in [0.1, 0.15) is 11.6 Å². The number of anilines is 3. The summed E-state index contributed by atoms with van der Waals surface area (Å²) in [7, 11) is 1.61. The highest BCUT2D eigenvalue weighted by Crippen LogP contribution is 2.36. The first-order valence-corrected chi connectivity index (χ1v) is 12.0. The molecule has 1 aromatic carbocycles. The van der Waals surface area contributed by atoms with Crippen molar-refractivity contribution < 1.29 is 17.9 Å². The van der Waals surface area contributed by atoms with E-state index in [-0.39, 0.29) is 5.82 Å². The van der Waals surface area contributed by atoms with Gasteiger partial charge in [-0.3, -0.25) is 0 Å². The summed E-state index contributed by atoms with van der Waals surface area (Å²) >= 11 is 0. The van der Waals surface area contributed by atoms with Crippen LogP contribution in [0.4, 0.5) is 30.9 Å². The number of halogens is 3. The Bertz CT molecular complexity index is 1210. The molecule has 0 spiro atoms. The van der Waals surface area contributed by atoms with Crippen molar-refractivity contribution in [1.82, 2.24) is 19.9 Å². The van der Waals surface area contributed by atoms with E-state index in [0.717, 1.165) is 31.0 Å². The summed E-state index contributed by atoms with van der Waals surface area (Å²) in [5.74, 6) is 2.35. The number of ether oxygens (including phenoxy) is 1. The lowest BCUT2D eigenvalue weighted by Crippen LogP contribution is -2.48. The second kappa shape index (κ2) is 9.79. The maximum atomic E-state index is 13.5. The molecular weight excluding hydrogens is 471 g/mol. The SMILES string of the molecule is COc1cccc(-c2nc(N3CCN(c4ncccc4C(F)(F)F)CC3)nc(N3CCCC3C)n2)c1. The Morgan fingerprint density at radius 1 is 0.917 bits per heavy atom. The van der Waals surface area contributed by atoms with Crippen molar-refractivity contribution in [3.8, 4) is 17.1 Å². The van der Waals surface area contributed by atoms with Crippen LogP contribution in [0.3, 0.4) is 0 Å². The van der Waals surface area contributed by atoms with Gasteiger partial charge in [0.05, 0.1) is 12.7 Å². The Morgan fingerprint density at radius 2 is 1.67 bits per heavy atom. The van der Waals surface area contributed by atoms with Gasteiger partial charge in [0.2, 0.25) is 11.9 Å². The number of benzene rings is 1. The highest BCUT2D eigenvalue weighted by molar-refractivity contribution is 5.61. The van der Waals surface area contributed by atoms with E-state index in [0.29, 0.717) is 55.7 Å². The lowest BCUT2D eigenvalue weighted by molar-refractivity contribution is -0.137. The molecule has 11 heteroatoms. The fraction of sp³-hybridized carbons (Fsp3) is 0.440. The van der Waals surface area contributed by atoms with Crippen LogP contribution in [0.15, 0.2) is 42.6 Å². The first kappa shape index (κ1) is 24.1. The minimum absolute atomic E-state index is 0.0380. The number of rotatable bonds is 5. The van der Waals surface area contributed by atoms with Crippen LogP contribution >= 0.6 is 0 Å². The maximum absolute atomic E-state index is 13.5. The fourth-order valence-electron chi connectivity index (χ4n) is 4.73. The zero-order valence-corrected chi connectivity index (χ0v) is 20.2. The average molecular weight is 500 g/mol. The van der Waals surface area contributed by atoms with Gasteiger partial charge in [0, 0.05) is 50.5 Å². The number of alkyl halides is 3. The Morgan fingerprint density at radius 3 is 2.36 bits per heavy atom. The molecule has 5 rings (SSSR count). The van der Waals surface area contributed by atoms with Gasteiger partial charge < -0.3 is 19.4 Å². The van der Waals surface area contributed by atoms with Crippen LogP contribution < -0.4 is 19.4 Å². The summed E-state index contributed by atoms with van der Waals surface area (Å²) in [6.07, 6.45) is -0.921. The Kier molecular flexibility index (Phi) is 6.55. The molecule has 1 atom stereocenters. The molecule has 1 unspecified atom stereocenters. The van der Waals surface area contributed by atoms with Gasteiger partial charge in [-0.25, -0.2) is 4.98 Å². The zero-order chi connectivity index (χ0) is 25.3. The Balaban J connectivity index is 1.43. The number of hydrogen-bond acceptors (Lipinski definition) is 8. The van der Waals surface area contributed by atoms with E-state index < -0.39 is 11.7 Å². The Labute approximate surface area is 207 Å². The van der Waals surface area contributed by atoms with E-state index in [1.54, 1.807) is 12.0 Å². The summed E-state index contributed by atoms with van der Waals surface area (Å²) in [6, 6.07) is 10.3. The predicted octanol–water partition coefficient (Wildman–Crippen LogP) is 4.28. The molecule has 0 saturated carbocycles. The van der Waals surface area contributed by atoms with Gasteiger partial charge in [-0.2, -0.15) is 28.1 Å². The third-order valence-corrected chi connectivity index (χ3v) is 6.70. The first-order valence-electron chi connectivity index (χ1n) is 12.0. The van der Waals surface area contributed by atoms with Crippen molar-refractivity contribution in [3.63, 3.8) is 0 Å². The molecule has 36 heavy (non-hydrogen) atoms. The van der Waals surface area contributed by atoms with Crippen LogP contribution in [-0.4, -0.2) is 65.8 Å². The van der Waals surface area contributed by atoms with E-state index in [4.69, 9.17) is 19.7 Å². The molecule has 190 valence electrons. The van der Waals surface area contributed by atoms with Crippen molar-refractivity contribution in [2.75, 3.05) is 54.5 Å². The monoisotopic (exact) mass is 499 g/mol. The van der Waals surface area contributed by atoms with Crippen LogP contribution in [0, 0.1) is 0 Å². The topological polar surface area (TPSA) is 70.5 Å². The molecule has 0 aliphatic carbocycles. The summed E-state index contributed by atoms with van der Waals surface area (Å²) in [5, 5.41) is 0. The van der Waals surface area contributed by atoms with Crippen molar-refractivity contribution in [3.05, 3.63) is 48.2 Å². The first-order chi connectivity index (χ1) is 17.3. The van der Waals surface area contributed by atoms with Gasteiger partial charge in [-0.15, -0.1) is 0 Å². The largest absolute Gasteiger partial charge is 0.497 e.